The first-order valence-electron chi connectivity index (χ1n) is 9.64. The third-order valence-electron chi connectivity index (χ3n) is 3.91. The number of carbonyl (C=O) groups is 3. The minimum atomic E-state index is -0.352. The first-order chi connectivity index (χ1) is 15.9. The third-order valence-corrected chi connectivity index (χ3v) is 5.89. The Bertz CT molecular complexity index is 1090. The van der Waals surface area contributed by atoms with E-state index < -0.39 is 0 Å². The van der Waals surface area contributed by atoms with Crippen molar-refractivity contribution in [3.05, 3.63) is 53.7 Å². The molecule has 1 aliphatic heterocycles. The van der Waals surface area contributed by atoms with Crippen molar-refractivity contribution in [3.8, 4) is 0 Å². The second-order valence-corrected chi connectivity index (χ2v) is 8.61. The number of alkyl halides is 1. The molecule has 14 heteroatoms. The van der Waals surface area contributed by atoms with E-state index in [1.165, 1.54) is 22.9 Å². The number of halogens is 1. The van der Waals surface area contributed by atoms with Gasteiger partial charge in [-0.25, -0.2) is 9.66 Å². The minimum absolute atomic E-state index is 0.0725. The van der Waals surface area contributed by atoms with Crippen molar-refractivity contribution in [2.75, 3.05) is 28.9 Å². The van der Waals surface area contributed by atoms with E-state index in [2.05, 4.69) is 31.2 Å². The van der Waals surface area contributed by atoms with E-state index >= 15 is 0 Å². The summed E-state index contributed by atoms with van der Waals surface area (Å²) in [6.45, 7) is 2.10. The van der Waals surface area contributed by atoms with Crippen LogP contribution in [0, 0.1) is 0 Å². The molecule has 3 rings (SSSR count). The topological polar surface area (TPSA) is 134 Å². The summed E-state index contributed by atoms with van der Waals surface area (Å²) < 4.78 is 1.43. The van der Waals surface area contributed by atoms with Gasteiger partial charge in [-0.15, -0.1) is 33.1 Å². The van der Waals surface area contributed by atoms with Crippen LogP contribution in [0.15, 0.2) is 47.4 Å². The molecule has 11 nitrogen and oxygen atoms in total. The summed E-state index contributed by atoms with van der Waals surface area (Å²) in [5.74, 6) is -0.563. The van der Waals surface area contributed by atoms with Gasteiger partial charge in [0.2, 0.25) is 22.9 Å². The van der Waals surface area contributed by atoms with E-state index in [9.17, 15) is 14.4 Å². The van der Waals surface area contributed by atoms with Crippen LogP contribution in [0.5, 0.6) is 0 Å². The Hall–Kier alpha value is -3.16. The molecule has 2 aromatic heterocycles. The molecule has 2 aromatic rings. The van der Waals surface area contributed by atoms with Crippen LogP contribution in [0.2, 0.25) is 0 Å². The van der Waals surface area contributed by atoms with Crippen LogP contribution in [-0.4, -0.2) is 60.7 Å². The predicted molar refractivity (Wildman–Crippen MR) is 127 cm³/mol. The Morgan fingerprint density at radius 2 is 2.12 bits per heavy atom. The van der Waals surface area contributed by atoms with Crippen molar-refractivity contribution in [1.29, 1.82) is 0 Å². The molecule has 0 aromatic carbocycles. The molecule has 3 heterocycles. The van der Waals surface area contributed by atoms with Gasteiger partial charge in [0.25, 0.3) is 0 Å². The fourth-order valence-corrected chi connectivity index (χ4v) is 4.04. The van der Waals surface area contributed by atoms with Gasteiger partial charge in [0, 0.05) is 37.4 Å². The fraction of sp³-hybridized carbons (Fsp3) is 0.263. The Morgan fingerprint density at radius 3 is 2.85 bits per heavy atom. The van der Waals surface area contributed by atoms with Crippen molar-refractivity contribution in [3.63, 3.8) is 0 Å². The summed E-state index contributed by atoms with van der Waals surface area (Å²) in [4.78, 5) is 41.5. The van der Waals surface area contributed by atoms with Crippen molar-refractivity contribution in [2.45, 2.75) is 18.5 Å². The van der Waals surface area contributed by atoms with Crippen molar-refractivity contribution >= 4 is 57.6 Å². The van der Waals surface area contributed by atoms with Crippen LogP contribution in [0.4, 0.5) is 5.13 Å². The summed E-state index contributed by atoms with van der Waals surface area (Å²) in [6, 6.07) is 0. The Kier molecular flexibility index (Phi) is 9.04. The average Bonchev–Trinajstić information content (AvgIpc) is 3.39. The molecule has 33 heavy (non-hydrogen) atoms. The van der Waals surface area contributed by atoms with Crippen molar-refractivity contribution in [1.82, 2.24) is 30.1 Å². The van der Waals surface area contributed by atoms with Crippen molar-refractivity contribution < 1.29 is 14.4 Å². The number of nitrogens with one attached hydrogen (secondary N) is 3. The second kappa shape index (κ2) is 12.2. The van der Waals surface area contributed by atoms with Gasteiger partial charge >= 0.3 is 0 Å². The van der Waals surface area contributed by atoms with Crippen LogP contribution in [-0.2, 0) is 20.8 Å². The molecule has 0 atom stereocenters. The molecule has 0 radical (unpaired) electrons. The summed E-state index contributed by atoms with van der Waals surface area (Å²) in [6.07, 6.45) is 11.3. The van der Waals surface area contributed by atoms with Gasteiger partial charge in [-0.2, -0.15) is 0 Å². The Morgan fingerprint density at radius 1 is 1.27 bits per heavy atom. The number of allylic oxidation sites excluding steroid dienone is 2. The first-order valence-corrected chi connectivity index (χ1v) is 12.0. The highest BCUT2D eigenvalue weighted by Gasteiger charge is 2.17. The number of amides is 3. The zero-order chi connectivity index (χ0) is 23.6. The number of thiazole rings is 1. The second-order valence-electron chi connectivity index (χ2n) is 6.54. The highest BCUT2D eigenvalue weighted by molar-refractivity contribution is 7.99. The average molecular weight is 509 g/mol. The maximum atomic E-state index is 12.2. The standard InChI is InChI=1S/C19H21ClN8O3S2/c1-13(29)26-28-15(9-14-11-32-18(22-14)23-16(30)10-20)24-25-19(28)33-12-17(31)21-5-8-27-6-3-2-4-7-27/h2-6,8,11H,7,9-10,12H2,1H3,(H,21,31)(H,26,29)(H,22,23,30). The van der Waals surface area contributed by atoms with Gasteiger partial charge in [0.05, 0.1) is 17.9 Å². The van der Waals surface area contributed by atoms with Gasteiger partial charge in [-0.1, -0.05) is 23.9 Å². The number of aromatic nitrogens is 4. The van der Waals surface area contributed by atoms with Gasteiger partial charge < -0.3 is 15.5 Å². The number of hydrogen-bond donors (Lipinski definition) is 3. The molecule has 0 aliphatic carbocycles. The highest BCUT2D eigenvalue weighted by Crippen LogP contribution is 2.20. The molecule has 0 bridgehead atoms. The summed E-state index contributed by atoms with van der Waals surface area (Å²) in [5, 5.41) is 16.0. The van der Waals surface area contributed by atoms with E-state index in [0.717, 1.165) is 18.3 Å². The van der Waals surface area contributed by atoms with Gasteiger partial charge in [-0.3, -0.25) is 19.8 Å². The quantitative estimate of drug-likeness (QED) is 0.326. The largest absolute Gasteiger partial charge is 0.349 e. The van der Waals surface area contributed by atoms with E-state index in [4.69, 9.17) is 11.6 Å². The monoisotopic (exact) mass is 508 g/mol. The number of carbonyl (C=O) groups excluding carboxylic acids is 3. The minimum Gasteiger partial charge on any atom is -0.349 e. The molecule has 3 amide bonds. The molecule has 0 unspecified atom stereocenters. The van der Waals surface area contributed by atoms with Crippen molar-refractivity contribution in [2.24, 2.45) is 0 Å². The molecule has 0 saturated carbocycles. The highest BCUT2D eigenvalue weighted by atomic mass is 35.5. The van der Waals surface area contributed by atoms with Crippen LogP contribution < -0.4 is 16.1 Å². The zero-order valence-electron chi connectivity index (χ0n) is 17.5. The van der Waals surface area contributed by atoms with Gasteiger partial charge in [0.15, 0.2) is 11.0 Å². The summed E-state index contributed by atoms with van der Waals surface area (Å²) >= 11 is 7.87. The lowest BCUT2D eigenvalue weighted by molar-refractivity contribution is -0.117. The molecule has 3 N–H and O–H groups in total. The van der Waals surface area contributed by atoms with E-state index in [1.54, 1.807) is 17.8 Å². The number of rotatable bonds is 10. The number of anilines is 1. The maximum absolute atomic E-state index is 12.2. The lowest BCUT2D eigenvalue weighted by Gasteiger charge is -2.14. The predicted octanol–water partition coefficient (Wildman–Crippen LogP) is 1.66. The Labute approximate surface area is 203 Å². The third kappa shape index (κ3) is 7.73. The summed E-state index contributed by atoms with van der Waals surface area (Å²) in [7, 11) is 0. The Balaban J connectivity index is 1.59. The molecule has 0 saturated heterocycles. The molecule has 0 spiro atoms. The van der Waals surface area contributed by atoms with Gasteiger partial charge in [0.1, 0.15) is 5.88 Å². The lowest BCUT2D eigenvalue weighted by Crippen LogP contribution is -2.24. The van der Waals surface area contributed by atoms with E-state index in [0.29, 0.717) is 21.8 Å². The van der Waals surface area contributed by atoms with Crippen LogP contribution >= 0.6 is 34.7 Å². The lowest BCUT2D eigenvalue weighted by atomic mass is 10.3. The van der Waals surface area contributed by atoms with Crippen LogP contribution in [0.1, 0.15) is 18.4 Å². The van der Waals surface area contributed by atoms with Gasteiger partial charge in [-0.05, 0) is 6.08 Å². The maximum Gasteiger partial charge on any atom is 0.241 e. The van der Waals surface area contributed by atoms with E-state index in [-0.39, 0.29) is 35.8 Å². The molecule has 1 aliphatic rings. The molecule has 0 fully saturated rings. The van der Waals surface area contributed by atoms with Crippen LogP contribution in [0.25, 0.3) is 0 Å². The normalized spacial score (nSPS) is 12.8. The van der Waals surface area contributed by atoms with Crippen LogP contribution in [0.3, 0.4) is 0 Å². The molecular formula is C19H21ClN8O3S2. The zero-order valence-corrected chi connectivity index (χ0v) is 19.9. The molecular weight excluding hydrogens is 488 g/mol. The number of nitrogens with zero attached hydrogens (tertiary/aromatic N) is 5. The fourth-order valence-electron chi connectivity index (χ4n) is 2.53. The SMILES string of the molecule is CC(=O)Nn1c(Cc2csc(NC(=O)CCl)n2)nnc1SCC(=O)NC=CN1C=CC=CC1. The van der Waals surface area contributed by atoms with E-state index in [1.807, 2.05) is 29.3 Å². The number of hydrogen-bond acceptors (Lipinski definition) is 9. The summed E-state index contributed by atoms with van der Waals surface area (Å²) in [5.41, 5.74) is 3.28. The molecule has 174 valence electrons. The first kappa shape index (κ1) is 24.5. The smallest absolute Gasteiger partial charge is 0.241 e. The number of thioether (sulfide) groups is 1.